The van der Waals surface area contributed by atoms with E-state index in [0.29, 0.717) is 0 Å². The summed E-state index contributed by atoms with van der Waals surface area (Å²) >= 11 is 5.03. The topological polar surface area (TPSA) is 12.4 Å². The van der Waals surface area contributed by atoms with E-state index in [1.54, 1.807) is 0 Å². The Labute approximate surface area is 36.0 Å². The first-order chi connectivity index (χ1) is 2.41. The van der Waals surface area contributed by atoms with Gasteiger partial charge >= 0.3 is 0 Å². The van der Waals surface area contributed by atoms with Gasteiger partial charge in [-0.05, 0) is 12.4 Å². The third kappa shape index (κ3) is 3.74. The average Bonchev–Trinajstić information content (AvgIpc) is 1.41. The SMILES string of the molecule is C=C=NCCl. The fourth-order valence-corrected chi connectivity index (χ4v) is 0.127. The van der Waals surface area contributed by atoms with Crippen LogP contribution in [0.2, 0.25) is 0 Å². The summed E-state index contributed by atoms with van der Waals surface area (Å²) in [5.74, 6) is 2.26. The molecule has 0 aromatic rings. The van der Waals surface area contributed by atoms with Crippen LogP contribution in [0.3, 0.4) is 0 Å². The molecular weight excluding hydrogens is 85.5 g/mol. The van der Waals surface area contributed by atoms with Crippen molar-refractivity contribution in [2.45, 2.75) is 0 Å². The van der Waals surface area contributed by atoms with Gasteiger partial charge in [0.1, 0.15) is 6.00 Å². The molecular formula is C3H4ClN. The number of hydrogen-bond donors (Lipinski definition) is 0. The van der Waals surface area contributed by atoms with Gasteiger partial charge in [-0.25, -0.2) is 4.99 Å². The van der Waals surface area contributed by atoms with Crippen LogP contribution in [0.25, 0.3) is 0 Å². The van der Waals surface area contributed by atoms with Crippen molar-refractivity contribution < 1.29 is 0 Å². The predicted octanol–water partition coefficient (Wildman–Crippen LogP) is 1.04. The second-order valence-corrected chi connectivity index (χ2v) is 0.675. The molecule has 0 fully saturated rings. The Morgan fingerprint density at radius 3 is 2.60 bits per heavy atom. The van der Waals surface area contributed by atoms with E-state index in [9.17, 15) is 0 Å². The smallest absolute Gasteiger partial charge is 0.122 e. The number of hydrogen-bond acceptors (Lipinski definition) is 1. The Morgan fingerprint density at radius 1 is 2.00 bits per heavy atom. The van der Waals surface area contributed by atoms with Crippen LogP contribution >= 0.6 is 11.6 Å². The highest BCUT2D eigenvalue weighted by Crippen LogP contribution is 1.67. The second-order valence-electron chi connectivity index (χ2n) is 0.436. The van der Waals surface area contributed by atoms with Crippen LogP contribution in [0.1, 0.15) is 0 Å². The van der Waals surface area contributed by atoms with Crippen molar-refractivity contribution >= 4 is 17.5 Å². The van der Waals surface area contributed by atoms with E-state index in [1.807, 2.05) is 0 Å². The molecule has 0 spiro atoms. The first kappa shape index (κ1) is 4.74. The third-order valence-electron chi connectivity index (χ3n) is 0.172. The summed E-state index contributed by atoms with van der Waals surface area (Å²) in [6, 6.07) is 0.267. The molecule has 0 unspecified atom stereocenters. The zero-order valence-electron chi connectivity index (χ0n) is 2.74. The first-order valence-electron chi connectivity index (χ1n) is 1.16. The lowest BCUT2D eigenvalue weighted by molar-refractivity contribution is 1.40. The monoisotopic (exact) mass is 89.0 g/mol. The molecule has 0 aromatic heterocycles. The lowest BCUT2D eigenvalue weighted by Gasteiger charge is -1.59. The minimum Gasteiger partial charge on any atom is -0.228 e. The summed E-state index contributed by atoms with van der Waals surface area (Å²) in [5.41, 5.74) is 0. The van der Waals surface area contributed by atoms with E-state index in [0.717, 1.165) is 0 Å². The number of halogens is 1. The van der Waals surface area contributed by atoms with Gasteiger partial charge in [0.15, 0.2) is 0 Å². The number of nitrogens with zero attached hydrogens (tertiary/aromatic N) is 1. The highest BCUT2D eigenvalue weighted by Gasteiger charge is 1.51. The summed E-state index contributed by atoms with van der Waals surface area (Å²) in [7, 11) is 0. The molecule has 0 radical (unpaired) electrons. The van der Waals surface area contributed by atoms with E-state index in [4.69, 9.17) is 11.6 Å². The molecule has 28 valence electrons. The normalized spacial score (nSPS) is 5.80. The maximum atomic E-state index is 5.03. The fraction of sp³-hybridized carbons (Fsp3) is 0.333. The Bertz CT molecular complexity index is 53.9. The van der Waals surface area contributed by atoms with E-state index in [2.05, 4.69) is 17.4 Å². The van der Waals surface area contributed by atoms with Gasteiger partial charge in [0, 0.05) is 0 Å². The van der Waals surface area contributed by atoms with Crippen molar-refractivity contribution in [1.82, 2.24) is 0 Å². The number of aliphatic imine (C=N–C) groups is 1. The van der Waals surface area contributed by atoms with Gasteiger partial charge in [-0.1, -0.05) is 0 Å². The molecule has 0 amide bonds. The highest BCUT2D eigenvalue weighted by atomic mass is 35.5. The second kappa shape index (κ2) is 3.74. The number of rotatable bonds is 1. The van der Waals surface area contributed by atoms with Gasteiger partial charge in [0.2, 0.25) is 0 Å². The standard InChI is InChI=1S/C3H4ClN/c1-2-5-3-4/h1,3H2. The van der Waals surface area contributed by atoms with Crippen LogP contribution < -0.4 is 0 Å². The van der Waals surface area contributed by atoms with Crippen molar-refractivity contribution in [1.29, 1.82) is 0 Å². The lowest BCUT2D eigenvalue weighted by Crippen LogP contribution is -1.51. The van der Waals surface area contributed by atoms with E-state index in [-0.39, 0.29) is 6.00 Å². The highest BCUT2D eigenvalue weighted by molar-refractivity contribution is 6.17. The zero-order valence-corrected chi connectivity index (χ0v) is 3.50. The van der Waals surface area contributed by atoms with Crippen molar-refractivity contribution in [3.8, 4) is 0 Å². The molecule has 0 aliphatic rings. The quantitative estimate of drug-likeness (QED) is 0.259. The molecule has 0 aromatic carbocycles. The van der Waals surface area contributed by atoms with Crippen molar-refractivity contribution in [2.75, 3.05) is 6.00 Å². The predicted molar refractivity (Wildman–Crippen MR) is 23.8 cm³/mol. The molecule has 2 heteroatoms. The minimum absolute atomic E-state index is 0.267. The molecule has 1 nitrogen and oxygen atoms in total. The Morgan fingerprint density at radius 2 is 2.60 bits per heavy atom. The molecule has 0 aliphatic heterocycles. The molecule has 5 heavy (non-hydrogen) atoms. The van der Waals surface area contributed by atoms with Crippen LogP contribution in [0, 0.1) is 0 Å². The zero-order chi connectivity index (χ0) is 4.12. The molecule has 0 rings (SSSR count). The summed E-state index contributed by atoms with van der Waals surface area (Å²) in [6.45, 7) is 3.17. The van der Waals surface area contributed by atoms with E-state index < -0.39 is 0 Å². The van der Waals surface area contributed by atoms with Gasteiger partial charge in [-0.15, -0.1) is 11.6 Å². The van der Waals surface area contributed by atoms with Crippen molar-refractivity contribution in [3.05, 3.63) is 6.58 Å². The van der Waals surface area contributed by atoms with Crippen molar-refractivity contribution in [2.24, 2.45) is 4.99 Å². The Balaban J connectivity index is 2.93. The third-order valence-corrected chi connectivity index (χ3v) is 0.291. The maximum Gasteiger partial charge on any atom is 0.122 e. The van der Waals surface area contributed by atoms with Crippen molar-refractivity contribution in [3.63, 3.8) is 0 Å². The lowest BCUT2D eigenvalue weighted by atomic mass is 11.1. The van der Waals surface area contributed by atoms with Crippen LogP contribution in [-0.4, -0.2) is 11.9 Å². The summed E-state index contributed by atoms with van der Waals surface area (Å²) < 4.78 is 0. The molecule has 0 atom stereocenters. The summed E-state index contributed by atoms with van der Waals surface area (Å²) in [5, 5.41) is 0. The van der Waals surface area contributed by atoms with E-state index >= 15 is 0 Å². The molecule has 0 aliphatic carbocycles. The maximum absolute atomic E-state index is 5.03. The molecule has 0 N–H and O–H groups in total. The van der Waals surface area contributed by atoms with Gasteiger partial charge in [0.25, 0.3) is 0 Å². The molecule has 0 saturated heterocycles. The molecule has 0 saturated carbocycles. The van der Waals surface area contributed by atoms with Crippen LogP contribution in [0.4, 0.5) is 0 Å². The largest absolute Gasteiger partial charge is 0.228 e. The van der Waals surface area contributed by atoms with Gasteiger partial charge < -0.3 is 0 Å². The molecule has 0 heterocycles. The van der Waals surface area contributed by atoms with Gasteiger partial charge in [-0.2, -0.15) is 0 Å². The fourth-order valence-electron chi connectivity index (χ4n) is 0.0423. The van der Waals surface area contributed by atoms with Crippen LogP contribution in [0.5, 0.6) is 0 Å². The van der Waals surface area contributed by atoms with Gasteiger partial charge in [0.05, 0.1) is 0 Å². The first-order valence-corrected chi connectivity index (χ1v) is 1.70. The summed E-state index contributed by atoms with van der Waals surface area (Å²) in [6.07, 6.45) is 0. The van der Waals surface area contributed by atoms with Crippen LogP contribution in [-0.2, 0) is 0 Å². The minimum atomic E-state index is 0.267. The van der Waals surface area contributed by atoms with E-state index in [1.165, 1.54) is 0 Å². The van der Waals surface area contributed by atoms with Crippen LogP contribution in [0.15, 0.2) is 11.6 Å². The number of alkyl halides is 1. The van der Waals surface area contributed by atoms with Gasteiger partial charge in [-0.3, -0.25) is 0 Å². The Hall–Kier alpha value is -0.260. The Kier molecular flexibility index (Phi) is 3.55. The average molecular weight is 89.5 g/mol. The molecule has 0 bridgehead atoms. The summed E-state index contributed by atoms with van der Waals surface area (Å²) in [4.78, 5) is 3.38.